The normalized spacial score (nSPS) is 22.1. The second-order valence-corrected chi connectivity index (χ2v) is 8.55. The average molecular weight is 458 g/mol. The van der Waals surface area contributed by atoms with Gasteiger partial charge in [0, 0.05) is 25.2 Å². The highest BCUT2D eigenvalue weighted by Gasteiger charge is 2.44. The average Bonchev–Trinajstić information content (AvgIpc) is 3.02. The van der Waals surface area contributed by atoms with Gasteiger partial charge in [-0.25, -0.2) is 0 Å². The van der Waals surface area contributed by atoms with E-state index in [0.717, 1.165) is 50.5 Å². The molecule has 0 saturated carbocycles. The van der Waals surface area contributed by atoms with Crippen molar-refractivity contribution < 1.29 is 23.9 Å². The standard InChI is InChI=1S/C23H31N5O5/c29-20-6-5-19(21(30)26-20)28-22(31)17-4-3-16(15-18(17)23(28)32)25-9-13-33-14-12-27-10-1-7-24-8-2-11-27/h3-4,15,19,24-25H,1-2,5-14H2,(H,26,29,30). The summed E-state index contributed by atoms with van der Waals surface area (Å²) in [6.07, 6.45) is 2.56. The van der Waals surface area contributed by atoms with Crippen LogP contribution in [0.4, 0.5) is 5.69 Å². The first kappa shape index (κ1) is 23.3. The summed E-state index contributed by atoms with van der Waals surface area (Å²) in [7, 11) is 0. The van der Waals surface area contributed by atoms with E-state index in [0.29, 0.717) is 25.4 Å². The smallest absolute Gasteiger partial charge is 0.262 e. The Labute approximate surface area is 193 Å². The second kappa shape index (κ2) is 10.9. The van der Waals surface area contributed by atoms with Crippen LogP contribution in [0.1, 0.15) is 46.4 Å². The van der Waals surface area contributed by atoms with Crippen LogP contribution in [0.2, 0.25) is 0 Å². The van der Waals surface area contributed by atoms with E-state index >= 15 is 0 Å². The fourth-order valence-electron chi connectivity index (χ4n) is 4.46. The SMILES string of the molecule is O=C1CCC(N2C(=O)c3ccc(NCCOCCN4CCCNCCC4)cc3C2=O)C(=O)N1. The van der Waals surface area contributed by atoms with Crippen LogP contribution in [0.3, 0.4) is 0 Å². The third kappa shape index (κ3) is 5.58. The number of rotatable bonds is 8. The molecule has 0 aliphatic carbocycles. The van der Waals surface area contributed by atoms with Crippen LogP contribution in [0.5, 0.6) is 0 Å². The summed E-state index contributed by atoms with van der Waals surface area (Å²) in [5.41, 5.74) is 1.25. The Balaban J connectivity index is 1.24. The minimum Gasteiger partial charge on any atom is -0.383 e. The molecule has 1 unspecified atom stereocenters. The van der Waals surface area contributed by atoms with E-state index in [1.807, 2.05) is 0 Å². The highest BCUT2D eigenvalue weighted by atomic mass is 16.5. The topological polar surface area (TPSA) is 120 Å². The van der Waals surface area contributed by atoms with E-state index in [1.165, 1.54) is 0 Å². The third-order valence-electron chi connectivity index (χ3n) is 6.22. The van der Waals surface area contributed by atoms with Crippen LogP contribution in [0.15, 0.2) is 18.2 Å². The van der Waals surface area contributed by atoms with Crippen LogP contribution in [0, 0.1) is 0 Å². The van der Waals surface area contributed by atoms with Crippen LogP contribution in [-0.2, 0) is 14.3 Å². The van der Waals surface area contributed by atoms with Crippen LogP contribution >= 0.6 is 0 Å². The van der Waals surface area contributed by atoms with Gasteiger partial charge in [0.05, 0.1) is 24.3 Å². The Hall–Kier alpha value is -2.82. The van der Waals surface area contributed by atoms with Gasteiger partial charge in [0.15, 0.2) is 0 Å². The van der Waals surface area contributed by atoms with E-state index < -0.39 is 23.8 Å². The number of hydrogen-bond donors (Lipinski definition) is 3. The minimum absolute atomic E-state index is 0.103. The predicted octanol–water partition coefficient (Wildman–Crippen LogP) is 0.202. The molecule has 0 bridgehead atoms. The summed E-state index contributed by atoms with van der Waals surface area (Å²) in [6, 6.07) is 4.02. The third-order valence-corrected chi connectivity index (χ3v) is 6.22. The molecule has 1 aromatic carbocycles. The van der Waals surface area contributed by atoms with Gasteiger partial charge >= 0.3 is 0 Å². The lowest BCUT2D eigenvalue weighted by Crippen LogP contribution is -2.54. The predicted molar refractivity (Wildman–Crippen MR) is 121 cm³/mol. The van der Waals surface area contributed by atoms with E-state index in [-0.39, 0.29) is 29.9 Å². The van der Waals surface area contributed by atoms with Crippen molar-refractivity contribution in [2.75, 3.05) is 57.8 Å². The molecule has 0 aromatic heterocycles. The maximum atomic E-state index is 12.9. The number of carbonyl (C=O) groups is 4. The fraction of sp³-hybridized carbons (Fsp3) is 0.565. The summed E-state index contributed by atoms with van der Waals surface area (Å²) >= 11 is 0. The molecule has 0 radical (unpaired) electrons. The van der Waals surface area contributed by atoms with Crippen molar-refractivity contribution in [3.05, 3.63) is 29.3 Å². The maximum absolute atomic E-state index is 12.9. The number of nitrogens with zero attached hydrogens (tertiary/aromatic N) is 2. The first-order valence-electron chi connectivity index (χ1n) is 11.6. The van der Waals surface area contributed by atoms with Gasteiger partial charge in [-0.3, -0.25) is 29.4 Å². The summed E-state index contributed by atoms with van der Waals surface area (Å²) in [5, 5.41) is 8.84. The van der Waals surface area contributed by atoms with E-state index in [1.54, 1.807) is 18.2 Å². The van der Waals surface area contributed by atoms with Crippen molar-refractivity contribution in [1.82, 2.24) is 20.4 Å². The molecule has 3 heterocycles. The number of amides is 4. The van der Waals surface area contributed by atoms with Gasteiger partial charge in [-0.05, 0) is 63.6 Å². The molecule has 3 aliphatic rings. The molecule has 10 nitrogen and oxygen atoms in total. The molecule has 4 amide bonds. The Morgan fingerprint density at radius 1 is 1.00 bits per heavy atom. The molecule has 3 aliphatic heterocycles. The lowest BCUT2D eigenvalue weighted by Gasteiger charge is -2.27. The van der Waals surface area contributed by atoms with Crippen molar-refractivity contribution in [2.45, 2.75) is 31.7 Å². The van der Waals surface area contributed by atoms with Gasteiger partial charge in [0.1, 0.15) is 6.04 Å². The van der Waals surface area contributed by atoms with Crippen molar-refractivity contribution in [2.24, 2.45) is 0 Å². The van der Waals surface area contributed by atoms with Crippen LogP contribution in [-0.4, -0.2) is 92.0 Å². The lowest BCUT2D eigenvalue weighted by atomic mass is 10.0. The van der Waals surface area contributed by atoms with Gasteiger partial charge in [0.2, 0.25) is 11.8 Å². The van der Waals surface area contributed by atoms with Crippen LogP contribution in [0.25, 0.3) is 0 Å². The number of ether oxygens (including phenoxy) is 1. The highest BCUT2D eigenvalue weighted by Crippen LogP contribution is 2.29. The first-order valence-corrected chi connectivity index (χ1v) is 11.6. The molecule has 10 heteroatoms. The maximum Gasteiger partial charge on any atom is 0.262 e. The second-order valence-electron chi connectivity index (χ2n) is 8.55. The van der Waals surface area contributed by atoms with E-state index in [4.69, 9.17) is 4.74 Å². The Morgan fingerprint density at radius 2 is 1.76 bits per heavy atom. The number of benzene rings is 1. The first-order chi connectivity index (χ1) is 16.0. The minimum atomic E-state index is -0.954. The summed E-state index contributed by atoms with van der Waals surface area (Å²) in [5.74, 6) is -2.00. The zero-order valence-corrected chi connectivity index (χ0v) is 18.7. The Bertz CT molecular complexity index is 913. The molecule has 4 rings (SSSR count). The number of imide groups is 2. The Morgan fingerprint density at radius 3 is 2.52 bits per heavy atom. The van der Waals surface area contributed by atoms with E-state index in [9.17, 15) is 19.2 Å². The molecular formula is C23H31N5O5. The summed E-state index contributed by atoms with van der Waals surface area (Å²) < 4.78 is 5.76. The number of anilines is 1. The molecule has 1 aromatic rings. The van der Waals surface area contributed by atoms with Gasteiger partial charge in [-0.15, -0.1) is 0 Å². The molecule has 1 atom stereocenters. The quantitative estimate of drug-likeness (QED) is 0.374. The largest absolute Gasteiger partial charge is 0.383 e. The molecule has 33 heavy (non-hydrogen) atoms. The van der Waals surface area contributed by atoms with E-state index in [2.05, 4.69) is 20.9 Å². The van der Waals surface area contributed by atoms with Gasteiger partial charge in [-0.2, -0.15) is 0 Å². The van der Waals surface area contributed by atoms with Crippen molar-refractivity contribution in [3.63, 3.8) is 0 Å². The number of piperidine rings is 1. The Kier molecular flexibility index (Phi) is 7.69. The molecule has 178 valence electrons. The summed E-state index contributed by atoms with van der Waals surface area (Å²) in [4.78, 5) is 52.6. The monoisotopic (exact) mass is 457 g/mol. The molecular weight excluding hydrogens is 426 g/mol. The number of carbonyl (C=O) groups excluding carboxylic acids is 4. The van der Waals surface area contributed by atoms with Gasteiger partial charge in [-0.1, -0.05) is 0 Å². The van der Waals surface area contributed by atoms with Crippen molar-refractivity contribution >= 4 is 29.3 Å². The van der Waals surface area contributed by atoms with Crippen LogP contribution < -0.4 is 16.0 Å². The molecule has 3 N–H and O–H groups in total. The van der Waals surface area contributed by atoms with Gasteiger partial charge in [0.25, 0.3) is 11.8 Å². The zero-order valence-electron chi connectivity index (χ0n) is 18.7. The molecule has 2 fully saturated rings. The number of fused-ring (bicyclic) bond motifs is 1. The molecule has 2 saturated heterocycles. The zero-order chi connectivity index (χ0) is 23.2. The number of nitrogens with one attached hydrogen (secondary N) is 3. The highest BCUT2D eigenvalue weighted by molar-refractivity contribution is 6.23. The van der Waals surface area contributed by atoms with Crippen molar-refractivity contribution in [3.8, 4) is 0 Å². The van der Waals surface area contributed by atoms with Crippen molar-refractivity contribution in [1.29, 1.82) is 0 Å². The summed E-state index contributed by atoms with van der Waals surface area (Å²) in [6.45, 7) is 7.02. The molecule has 0 spiro atoms. The number of hydrogen-bond acceptors (Lipinski definition) is 8. The lowest BCUT2D eigenvalue weighted by molar-refractivity contribution is -0.136. The fourth-order valence-corrected chi connectivity index (χ4v) is 4.46. The van der Waals surface area contributed by atoms with Gasteiger partial charge < -0.3 is 20.3 Å².